The van der Waals surface area contributed by atoms with Crippen LogP contribution < -0.4 is 14.4 Å². The molecule has 1 heterocycles. The molecule has 1 saturated heterocycles. The summed E-state index contributed by atoms with van der Waals surface area (Å²) >= 11 is 6.17. The molecule has 3 rings (SSSR count). The fraction of sp³-hybridized carbons (Fsp3) is 0.417. The first-order chi connectivity index (χ1) is 14.5. The molecule has 0 bridgehead atoms. The van der Waals surface area contributed by atoms with Gasteiger partial charge in [0.2, 0.25) is 0 Å². The molecular formula is C24H33Cl3N2O3. The molecule has 2 aromatic rings. The van der Waals surface area contributed by atoms with Crippen molar-refractivity contribution in [2.45, 2.75) is 19.4 Å². The highest BCUT2D eigenvalue weighted by Crippen LogP contribution is 2.26. The van der Waals surface area contributed by atoms with Crippen molar-refractivity contribution < 1.29 is 14.6 Å². The number of aryl methyl sites for hydroxylation is 1. The van der Waals surface area contributed by atoms with Crippen LogP contribution in [-0.2, 0) is 6.42 Å². The predicted octanol–water partition coefficient (Wildman–Crippen LogP) is 4.79. The Kier molecular flexibility index (Phi) is 12.3. The van der Waals surface area contributed by atoms with Crippen LogP contribution in [0.2, 0.25) is 5.02 Å². The molecule has 1 atom stereocenters. The third-order valence-corrected chi connectivity index (χ3v) is 5.65. The summed E-state index contributed by atoms with van der Waals surface area (Å²) in [6, 6.07) is 11.7. The minimum absolute atomic E-state index is 0. The van der Waals surface area contributed by atoms with E-state index < -0.39 is 6.10 Å². The van der Waals surface area contributed by atoms with Crippen molar-refractivity contribution in [2.24, 2.45) is 0 Å². The van der Waals surface area contributed by atoms with Crippen LogP contribution in [-0.4, -0.2) is 62.6 Å². The first-order valence-corrected chi connectivity index (χ1v) is 10.7. The standard InChI is InChI=1S/C24H31ClN2O3.2ClH/c1-4-5-19-14-22(29-3)8-9-24(19)30-17-21(28)16-26-10-12-27(13-11-26)23-15-20(25)7-6-18(23)2;;/h4,6-9,14-15,21,28H,1,5,10-13,16-17H2,2-3H3;2*1H. The number of halogens is 3. The van der Waals surface area contributed by atoms with Gasteiger partial charge in [0.1, 0.15) is 24.2 Å². The normalized spacial score (nSPS) is 14.7. The van der Waals surface area contributed by atoms with E-state index in [4.69, 9.17) is 21.1 Å². The molecule has 32 heavy (non-hydrogen) atoms. The molecule has 1 fully saturated rings. The molecule has 1 aliphatic rings. The zero-order valence-corrected chi connectivity index (χ0v) is 21.0. The lowest BCUT2D eigenvalue weighted by Crippen LogP contribution is -2.49. The van der Waals surface area contributed by atoms with Gasteiger partial charge < -0.3 is 19.5 Å². The number of aliphatic hydroxyl groups is 1. The van der Waals surface area contributed by atoms with Gasteiger partial charge in [-0.1, -0.05) is 23.7 Å². The molecule has 1 N–H and O–H groups in total. The zero-order valence-electron chi connectivity index (χ0n) is 18.6. The van der Waals surface area contributed by atoms with Crippen molar-refractivity contribution in [3.63, 3.8) is 0 Å². The zero-order chi connectivity index (χ0) is 21.5. The van der Waals surface area contributed by atoms with Crippen LogP contribution in [0.3, 0.4) is 0 Å². The minimum Gasteiger partial charge on any atom is -0.497 e. The summed E-state index contributed by atoms with van der Waals surface area (Å²) in [5.41, 5.74) is 3.43. The third-order valence-electron chi connectivity index (χ3n) is 5.42. The van der Waals surface area contributed by atoms with Crippen molar-refractivity contribution >= 4 is 42.1 Å². The fourth-order valence-corrected chi connectivity index (χ4v) is 3.94. The molecule has 0 spiro atoms. The van der Waals surface area contributed by atoms with Crippen LogP contribution in [0.5, 0.6) is 11.5 Å². The van der Waals surface area contributed by atoms with E-state index >= 15 is 0 Å². The average molecular weight is 504 g/mol. The fourth-order valence-electron chi connectivity index (χ4n) is 3.77. The smallest absolute Gasteiger partial charge is 0.123 e. The Hall–Kier alpha value is -1.63. The van der Waals surface area contributed by atoms with E-state index in [0.717, 1.165) is 48.3 Å². The maximum atomic E-state index is 10.5. The maximum absolute atomic E-state index is 10.5. The number of methoxy groups -OCH3 is 1. The van der Waals surface area contributed by atoms with Crippen LogP contribution in [0.25, 0.3) is 0 Å². The second-order valence-corrected chi connectivity index (χ2v) is 8.09. The quantitative estimate of drug-likeness (QED) is 0.499. The van der Waals surface area contributed by atoms with E-state index in [1.807, 2.05) is 36.4 Å². The highest BCUT2D eigenvalue weighted by atomic mass is 35.5. The summed E-state index contributed by atoms with van der Waals surface area (Å²) in [6.45, 7) is 10.4. The van der Waals surface area contributed by atoms with Crippen molar-refractivity contribution in [3.05, 3.63) is 65.2 Å². The monoisotopic (exact) mass is 502 g/mol. The van der Waals surface area contributed by atoms with Crippen LogP contribution in [0.15, 0.2) is 49.1 Å². The molecule has 1 aliphatic heterocycles. The Morgan fingerprint density at radius 3 is 2.50 bits per heavy atom. The number of nitrogens with zero attached hydrogens (tertiary/aromatic N) is 2. The molecular weight excluding hydrogens is 471 g/mol. The molecule has 8 heteroatoms. The summed E-state index contributed by atoms with van der Waals surface area (Å²) in [5, 5.41) is 11.3. The molecule has 2 aromatic carbocycles. The van der Waals surface area contributed by atoms with Crippen LogP contribution >= 0.6 is 36.4 Å². The van der Waals surface area contributed by atoms with Gasteiger partial charge in [0.25, 0.3) is 0 Å². The molecule has 1 unspecified atom stereocenters. The second kappa shape index (κ2) is 13.8. The van der Waals surface area contributed by atoms with Crippen molar-refractivity contribution in [1.82, 2.24) is 4.90 Å². The number of ether oxygens (including phenoxy) is 2. The molecule has 0 saturated carbocycles. The molecule has 5 nitrogen and oxygen atoms in total. The van der Waals surface area contributed by atoms with Gasteiger partial charge in [-0.05, 0) is 49.2 Å². The number of rotatable bonds is 9. The number of allylic oxidation sites excluding steroid dienone is 1. The number of aliphatic hydroxyl groups excluding tert-OH is 1. The Morgan fingerprint density at radius 2 is 1.84 bits per heavy atom. The minimum atomic E-state index is -0.553. The van der Waals surface area contributed by atoms with E-state index in [9.17, 15) is 5.11 Å². The predicted molar refractivity (Wildman–Crippen MR) is 138 cm³/mol. The van der Waals surface area contributed by atoms with Gasteiger partial charge in [-0.15, -0.1) is 31.4 Å². The van der Waals surface area contributed by atoms with E-state index in [1.165, 1.54) is 11.3 Å². The summed E-state index contributed by atoms with van der Waals surface area (Å²) in [5.74, 6) is 1.54. The van der Waals surface area contributed by atoms with Crippen LogP contribution in [0, 0.1) is 6.92 Å². The van der Waals surface area contributed by atoms with Crippen LogP contribution in [0.4, 0.5) is 5.69 Å². The molecule has 0 radical (unpaired) electrons. The Morgan fingerprint density at radius 1 is 1.12 bits per heavy atom. The molecule has 178 valence electrons. The number of β-amino-alcohol motifs (C(OH)–C–C–N with tert-alkyl or cyclic N) is 1. The highest BCUT2D eigenvalue weighted by Gasteiger charge is 2.21. The van der Waals surface area contributed by atoms with Crippen molar-refractivity contribution in [3.8, 4) is 11.5 Å². The summed E-state index contributed by atoms with van der Waals surface area (Å²) in [6.07, 6.45) is 1.97. The first kappa shape index (κ1) is 28.4. The van der Waals surface area contributed by atoms with E-state index in [0.29, 0.717) is 13.0 Å². The average Bonchev–Trinajstić information content (AvgIpc) is 2.75. The SMILES string of the molecule is C=CCc1cc(OC)ccc1OCC(O)CN1CCN(c2cc(Cl)ccc2C)CC1.Cl.Cl. The van der Waals surface area contributed by atoms with E-state index in [1.54, 1.807) is 7.11 Å². The maximum Gasteiger partial charge on any atom is 0.123 e. The van der Waals surface area contributed by atoms with E-state index in [-0.39, 0.29) is 31.4 Å². The number of anilines is 1. The van der Waals surface area contributed by atoms with Gasteiger partial charge in [0.15, 0.2) is 0 Å². The third kappa shape index (κ3) is 7.75. The van der Waals surface area contributed by atoms with Gasteiger partial charge in [-0.2, -0.15) is 0 Å². The summed E-state index contributed by atoms with van der Waals surface area (Å²) in [7, 11) is 1.64. The van der Waals surface area contributed by atoms with Gasteiger partial charge in [-0.25, -0.2) is 0 Å². The largest absolute Gasteiger partial charge is 0.497 e. The lowest BCUT2D eigenvalue weighted by atomic mass is 10.1. The van der Waals surface area contributed by atoms with E-state index in [2.05, 4.69) is 29.4 Å². The van der Waals surface area contributed by atoms with Gasteiger partial charge in [0.05, 0.1) is 7.11 Å². The Bertz CT molecular complexity index is 858. The lowest BCUT2D eigenvalue weighted by Gasteiger charge is -2.37. The topological polar surface area (TPSA) is 45.2 Å². The Labute approximate surface area is 208 Å². The van der Waals surface area contributed by atoms with Gasteiger partial charge in [0, 0.05) is 49.0 Å². The number of piperazine rings is 1. The van der Waals surface area contributed by atoms with Crippen molar-refractivity contribution in [1.29, 1.82) is 0 Å². The first-order valence-electron chi connectivity index (χ1n) is 10.3. The lowest BCUT2D eigenvalue weighted by molar-refractivity contribution is 0.0660. The molecule has 0 aromatic heterocycles. The van der Waals surface area contributed by atoms with Crippen LogP contribution in [0.1, 0.15) is 11.1 Å². The second-order valence-electron chi connectivity index (χ2n) is 7.65. The summed E-state index contributed by atoms with van der Waals surface area (Å²) < 4.78 is 11.2. The molecule has 0 aliphatic carbocycles. The number of benzene rings is 2. The van der Waals surface area contributed by atoms with Gasteiger partial charge in [-0.3, -0.25) is 4.90 Å². The number of hydrogen-bond donors (Lipinski definition) is 1. The molecule has 0 amide bonds. The van der Waals surface area contributed by atoms with Gasteiger partial charge >= 0.3 is 0 Å². The Balaban J connectivity index is 0.00000256. The van der Waals surface area contributed by atoms with Crippen molar-refractivity contribution in [2.75, 3.05) is 51.3 Å². The summed E-state index contributed by atoms with van der Waals surface area (Å²) in [4.78, 5) is 4.64. The number of hydrogen-bond acceptors (Lipinski definition) is 5. The highest BCUT2D eigenvalue weighted by molar-refractivity contribution is 6.30.